The minimum absolute atomic E-state index is 0.202. The summed E-state index contributed by atoms with van der Waals surface area (Å²) in [6.45, 7) is -0.202. The molecule has 84 valence electrons. The Balaban J connectivity index is 2.59. The Morgan fingerprint density at radius 1 is 1.19 bits per heavy atom. The van der Waals surface area contributed by atoms with Crippen LogP contribution in [0.15, 0.2) is 30.5 Å². The van der Waals surface area contributed by atoms with Crippen LogP contribution in [0.4, 0.5) is 13.2 Å². The van der Waals surface area contributed by atoms with Crippen molar-refractivity contribution in [3.63, 3.8) is 0 Å². The van der Waals surface area contributed by atoms with Gasteiger partial charge in [-0.05, 0) is 23.8 Å². The molecule has 0 aliphatic heterocycles. The van der Waals surface area contributed by atoms with E-state index >= 15 is 0 Å². The molecule has 0 fully saturated rings. The third kappa shape index (κ3) is 1.99. The maximum Gasteiger partial charge on any atom is 0.417 e. The fourth-order valence-corrected chi connectivity index (χ4v) is 1.43. The van der Waals surface area contributed by atoms with E-state index in [1.54, 1.807) is 12.1 Å². The van der Waals surface area contributed by atoms with Crippen LogP contribution in [0, 0.1) is 0 Å². The van der Waals surface area contributed by atoms with Gasteiger partial charge in [-0.1, -0.05) is 6.07 Å². The van der Waals surface area contributed by atoms with E-state index in [2.05, 4.69) is 4.98 Å². The van der Waals surface area contributed by atoms with Crippen LogP contribution in [0.25, 0.3) is 10.9 Å². The van der Waals surface area contributed by atoms with E-state index < -0.39 is 11.7 Å². The summed E-state index contributed by atoms with van der Waals surface area (Å²) in [7, 11) is 0. The van der Waals surface area contributed by atoms with Gasteiger partial charge < -0.3 is 5.11 Å². The molecule has 0 saturated heterocycles. The minimum Gasteiger partial charge on any atom is -0.392 e. The van der Waals surface area contributed by atoms with E-state index in [1.807, 2.05) is 0 Å². The zero-order valence-electron chi connectivity index (χ0n) is 8.12. The van der Waals surface area contributed by atoms with Crippen molar-refractivity contribution in [3.8, 4) is 0 Å². The number of hydrogen-bond donors (Lipinski definition) is 1. The van der Waals surface area contributed by atoms with Crippen molar-refractivity contribution < 1.29 is 18.3 Å². The van der Waals surface area contributed by atoms with Crippen molar-refractivity contribution in [1.82, 2.24) is 4.98 Å². The van der Waals surface area contributed by atoms with Crippen LogP contribution in [0.3, 0.4) is 0 Å². The molecular formula is C11H8F3NO. The van der Waals surface area contributed by atoms with E-state index in [0.717, 1.165) is 12.3 Å². The lowest BCUT2D eigenvalue weighted by Crippen LogP contribution is -2.05. The highest BCUT2D eigenvalue weighted by molar-refractivity contribution is 5.79. The summed E-state index contributed by atoms with van der Waals surface area (Å²) in [6.07, 6.45) is -3.59. The molecule has 16 heavy (non-hydrogen) atoms. The molecule has 0 bridgehead atoms. The molecule has 0 atom stereocenters. The Morgan fingerprint density at radius 3 is 2.56 bits per heavy atom. The molecule has 2 rings (SSSR count). The first-order valence-corrected chi connectivity index (χ1v) is 4.57. The second-order valence-corrected chi connectivity index (χ2v) is 3.41. The number of fused-ring (bicyclic) bond motifs is 1. The van der Waals surface area contributed by atoms with Gasteiger partial charge in [0.15, 0.2) is 0 Å². The Morgan fingerprint density at radius 2 is 1.94 bits per heavy atom. The van der Waals surface area contributed by atoms with Crippen LogP contribution in [0.2, 0.25) is 0 Å². The molecule has 0 spiro atoms. The molecule has 1 N–H and O–H groups in total. The van der Waals surface area contributed by atoms with Gasteiger partial charge in [0, 0.05) is 11.6 Å². The third-order valence-corrected chi connectivity index (χ3v) is 2.26. The SMILES string of the molecule is OCc1ccc2ncc(C(F)(F)F)cc2c1. The largest absolute Gasteiger partial charge is 0.417 e. The summed E-state index contributed by atoms with van der Waals surface area (Å²) >= 11 is 0. The smallest absolute Gasteiger partial charge is 0.392 e. The number of aliphatic hydroxyl groups excluding tert-OH is 1. The number of pyridine rings is 1. The van der Waals surface area contributed by atoms with Crippen molar-refractivity contribution >= 4 is 10.9 Å². The lowest BCUT2D eigenvalue weighted by Gasteiger charge is -2.07. The monoisotopic (exact) mass is 227 g/mol. The number of hydrogen-bond acceptors (Lipinski definition) is 2. The first-order chi connectivity index (χ1) is 7.50. The standard InChI is InChI=1S/C11H8F3NO/c12-11(13,14)9-4-8-3-7(6-16)1-2-10(8)15-5-9/h1-5,16H,6H2. The lowest BCUT2D eigenvalue weighted by atomic mass is 10.1. The van der Waals surface area contributed by atoms with Gasteiger partial charge >= 0.3 is 6.18 Å². The van der Waals surface area contributed by atoms with Gasteiger partial charge in [-0.25, -0.2) is 0 Å². The van der Waals surface area contributed by atoms with Crippen molar-refractivity contribution in [3.05, 3.63) is 41.6 Å². The van der Waals surface area contributed by atoms with Gasteiger partial charge in [-0.3, -0.25) is 4.98 Å². The number of nitrogens with zero attached hydrogens (tertiary/aromatic N) is 1. The van der Waals surface area contributed by atoms with Crippen molar-refractivity contribution in [2.45, 2.75) is 12.8 Å². The highest BCUT2D eigenvalue weighted by Crippen LogP contribution is 2.30. The molecule has 0 saturated carbocycles. The first kappa shape index (κ1) is 10.9. The fourth-order valence-electron chi connectivity index (χ4n) is 1.43. The third-order valence-electron chi connectivity index (χ3n) is 2.26. The number of aliphatic hydroxyl groups is 1. The molecule has 1 aromatic carbocycles. The van der Waals surface area contributed by atoms with Gasteiger partial charge in [0.1, 0.15) is 0 Å². The lowest BCUT2D eigenvalue weighted by molar-refractivity contribution is -0.137. The van der Waals surface area contributed by atoms with E-state index in [9.17, 15) is 13.2 Å². The summed E-state index contributed by atoms with van der Waals surface area (Å²) in [5, 5.41) is 9.26. The van der Waals surface area contributed by atoms with E-state index in [-0.39, 0.29) is 6.61 Å². The minimum atomic E-state index is -4.39. The Hall–Kier alpha value is -1.62. The predicted octanol–water partition coefficient (Wildman–Crippen LogP) is 2.75. The zero-order valence-corrected chi connectivity index (χ0v) is 8.12. The summed E-state index contributed by atoms with van der Waals surface area (Å²) < 4.78 is 37.2. The van der Waals surface area contributed by atoms with Crippen LogP contribution >= 0.6 is 0 Å². The highest BCUT2D eigenvalue weighted by atomic mass is 19.4. The van der Waals surface area contributed by atoms with Crippen molar-refractivity contribution in [1.29, 1.82) is 0 Å². The second-order valence-electron chi connectivity index (χ2n) is 3.41. The summed E-state index contributed by atoms with van der Waals surface area (Å²) in [4.78, 5) is 3.72. The topological polar surface area (TPSA) is 33.1 Å². The second kappa shape index (κ2) is 3.75. The average Bonchev–Trinajstić information content (AvgIpc) is 2.26. The summed E-state index contributed by atoms with van der Waals surface area (Å²) in [6, 6.07) is 5.74. The molecule has 5 heteroatoms. The molecule has 0 unspecified atom stereocenters. The van der Waals surface area contributed by atoms with Crippen molar-refractivity contribution in [2.75, 3.05) is 0 Å². The van der Waals surface area contributed by atoms with Crippen LogP contribution in [0.1, 0.15) is 11.1 Å². The Kier molecular flexibility index (Phi) is 2.55. The number of benzene rings is 1. The molecule has 0 radical (unpaired) electrons. The molecule has 0 aliphatic rings. The normalized spacial score (nSPS) is 12.0. The Bertz CT molecular complexity index is 522. The van der Waals surface area contributed by atoms with Crippen LogP contribution in [-0.4, -0.2) is 10.1 Å². The van der Waals surface area contributed by atoms with Gasteiger partial charge in [0.05, 0.1) is 17.7 Å². The number of alkyl halides is 3. The maximum atomic E-state index is 12.4. The molecule has 2 aromatic rings. The quantitative estimate of drug-likeness (QED) is 0.812. The molecule has 1 heterocycles. The van der Waals surface area contributed by atoms with Gasteiger partial charge in [0.2, 0.25) is 0 Å². The van der Waals surface area contributed by atoms with Crippen LogP contribution in [0.5, 0.6) is 0 Å². The molecule has 0 aliphatic carbocycles. The highest BCUT2D eigenvalue weighted by Gasteiger charge is 2.30. The molecular weight excluding hydrogens is 219 g/mol. The Labute approximate surface area is 89.4 Å². The first-order valence-electron chi connectivity index (χ1n) is 4.57. The zero-order chi connectivity index (χ0) is 11.8. The maximum absolute atomic E-state index is 12.4. The summed E-state index contributed by atoms with van der Waals surface area (Å²) in [5.41, 5.74) is 0.258. The number of rotatable bonds is 1. The number of aromatic nitrogens is 1. The van der Waals surface area contributed by atoms with E-state index in [4.69, 9.17) is 5.11 Å². The van der Waals surface area contributed by atoms with Gasteiger partial charge in [-0.2, -0.15) is 13.2 Å². The van der Waals surface area contributed by atoms with E-state index in [0.29, 0.717) is 16.5 Å². The molecule has 1 aromatic heterocycles. The van der Waals surface area contributed by atoms with Crippen LogP contribution in [-0.2, 0) is 12.8 Å². The summed E-state index contributed by atoms with van der Waals surface area (Å²) in [5.74, 6) is 0. The van der Waals surface area contributed by atoms with E-state index in [1.165, 1.54) is 6.07 Å². The van der Waals surface area contributed by atoms with Gasteiger partial charge in [0.25, 0.3) is 0 Å². The van der Waals surface area contributed by atoms with Crippen LogP contribution < -0.4 is 0 Å². The number of halogens is 3. The predicted molar refractivity (Wildman–Crippen MR) is 52.7 cm³/mol. The molecule has 0 amide bonds. The van der Waals surface area contributed by atoms with Crippen molar-refractivity contribution in [2.24, 2.45) is 0 Å². The molecule has 2 nitrogen and oxygen atoms in total. The van der Waals surface area contributed by atoms with Gasteiger partial charge in [-0.15, -0.1) is 0 Å². The average molecular weight is 227 g/mol. The fraction of sp³-hybridized carbons (Fsp3) is 0.182.